The zero-order valence-electron chi connectivity index (χ0n) is 12.9. The zero-order chi connectivity index (χ0) is 15.0. The number of carbonyl (C=O) groups excluding carboxylic acids is 1. The van der Waals surface area contributed by atoms with Crippen LogP contribution in [0.5, 0.6) is 0 Å². The van der Waals surface area contributed by atoms with Crippen molar-refractivity contribution in [2.75, 3.05) is 25.0 Å². The highest BCUT2D eigenvalue weighted by Crippen LogP contribution is 2.28. The fourth-order valence-corrected chi connectivity index (χ4v) is 2.81. The highest BCUT2D eigenvalue weighted by molar-refractivity contribution is 6.00. The predicted molar refractivity (Wildman–Crippen MR) is 80.0 cm³/mol. The molecular weight excluding hydrogens is 255 g/mol. The molecule has 1 fully saturated rings. The maximum absolute atomic E-state index is 13.7. The molecule has 0 amide bonds. The van der Waals surface area contributed by atoms with Crippen LogP contribution >= 0.6 is 0 Å². The number of hydrogen-bond donors (Lipinski definition) is 0. The van der Waals surface area contributed by atoms with Crippen molar-refractivity contribution in [2.24, 2.45) is 0 Å². The summed E-state index contributed by atoms with van der Waals surface area (Å²) >= 11 is 0. The molecule has 1 aromatic carbocycles. The first-order valence-corrected chi connectivity index (χ1v) is 7.09. The molecular formula is C16H23FN2O. The van der Waals surface area contributed by atoms with E-state index in [1.54, 1.807) is 13.0 Å². The minimum absolute atomic E-state index is 0.0851. The lowest BCUT2D eigenvalue weighted by molar-refractivity contribution is 0.101. The standard InChI is InChI=1S/C16H23FN2O/c1-10-6-16(14(13(4)20)7-15(10)17)19-8-11(2)18(5)12(3)9-19/h6-7,11-12H,8-9H2,1-5H3. The molecule has 4 heteroatoms. The van der Waals surface area contributed by atoms with Gasteiger partial charge in [-0.25, -0.2) is 4.39 Å². The summed E-state index contributed by atoms with van der Waals surface area (Å²) in [6, 6.07) is 3.99. The molecule has 110 valence electrons. The van der Waals surface area contributed by atoms with Crippen molar-refractivity contribution >= 4 is 11.5 Å². The van der Waals surface area contributed by atoms with Gasteiger partial charge in [-0.3, -0.25) is 9.69 Å². The van der Waals surface area contributed by atoms with E-state index in [0.717, 1.165) is 18.8 Å². The quantitative estimate of drug-likeness (QED) is 0.777. The number of Topliss-reactive ketones (excluding diaryl/α,β-unsaturated/α-hetero) is 1. The smallest absolute Gasteiger partial charge is 0.161 e. The van der Waals surface area contributed by atoms with Gasteiger partial charge in [-0.15, -0.1) is 0 Å². The van der Waals surface area contributed by atoms with Crippen molar-refractivity contribution in [1.82, 2.24) is 4.90 Å². The van der Waals surface area contributed by atoms with Crippen molar-refractivity contribution in [3.8, 4) is 0 Å². The summed E-state index contributed by atoms with van der Waals surface area (Å²) in [5, 5.41) is 0. The molecule has 0 spiro atoms. The lowest BCUT2D eigenvalue weighted by Gasteiger charge is -2.44. The van der Waals surface area contributed by atoms with E-state index in [1.807, 2.05) is 0 Å². The molecule has 1 aromatic rings. The highest BCUT2D eigenvalue weighted by atomic mass is 19.1. The second kappa shape index (κ2) is 5.52. The number of rotatable bonds is 2. The van der Waals surface area contributed by atoms with Gasteiger partial charge >= 0.3 is 0 Å². The summed E-state index contributed by atoms with van der Waals surface area (Å²) in [5.74, 6) is -0.396. The van der Waals surface area contributed by atoms with Crippen LogP contribution in [-0.4, -0.2) is 42.9 Å². The second-order valence-corrected chi connectivity index (χ2v) is 5.94. The zero-order valence-corrected chi connectivity index (χ0v) is 12.9. The molecule has 0 aliphatic carbocycles. The van der Waals surface area contributed by atoms with Crippen LogP contribution in [0.2, 0.25) is 0 Å². The van der Waals surface area contributed by atoms with E-state index in [1.165, 1.54) is 13.0 Å². The van der Waals surface area contributed by atoms with Gasteiger partial charge < -0.3 is 4.90 Å². The number of anilines is 1. The molecule has 0 aromatic heterocycles. The summed E-state index contributed by atoms with van der Waals surface area (Å²) in [5.41, 5.74) is 1.93. The Hall–Kier alpha value is -1.42. The van der Waals surface area contributed by atoms with E-state index in [-0.39, 0.29) is 11.6 Å². The monoisotopic (exact) mass is 278 g/mol. The lowest BCUT2D eigenvalue weighted by Crippen LogP contribution is -2.55. The van der Waals surface area contributed by atoms with Gasteiger partial charge in [0.2, 0.25) is 0 Å². The molecule has 1 aliphatic heterocycles. The third kappa shape index (κ3) is 2.70. The minimum atomic E-state index is -0.311. The van der Waals surface area contributed by atoms with Gasteiger partial charge in [-0.1, -0.05) is 0 Å². The molecule has 3 nitrogen and oxygen atoms in total. The summed E-state index contributed by atoms with van der Waals surface area (Å²) in [4.78, 5) is 16.3. The number of hydrogen-bond acceptors (Lipinski definition) is 3. The van der Waals surface area contributed by atoms with Gasteiger partial charge in [0.25, 0.3) is 0 Å². The van der Waals surface area contributed by atoms with Crippen molar-refractivity contribution in [2.45, 2.75) is 39.8 Å². The van der Waals surface area contributed by atoms with E-state index in [2.05, 4.69) is 30.7 Å². The second-order valence-electron chi connectivity index (χ2n) is 5.94. The van der Waals surface area contributed by atoms with Crippen LogP contribution in [0, 0.1) is 12.7 Å². The van der Waals surface area contributed by atoms with E-state index in [4.69, 9.17) is 0 Å². The Kier molecular flexibility index (Phi) is 4.14. The summed E-state index contributed by atoms with van der Waals surface area (Å²) in [6.07, 6.45) is 0. The number of halogens is 1. The Morgan fingerprint density at radius 1 is 1.25 bits per heavy atom. The van der Waals surface area contributed by atoms with Crippen LogP contribution in [0.3, 0.4) is 0 Å². The Labute approximate surface area is 120 Å². The average Bonchev–Trinajstić information content (AvgIpc) is 2.37. The minimum Gasteiger partial charge on any atom is -0.368 e. The largest absolute Gasteiger partial charge is 0.368 e. The summed E-state index contributed by atoms with van der Waals surface area (Å²) < 4.78 is 13.7. The normalized spacial score (nSPS) is 24.0. The molecule has 1 heterocycles. The maximum Gasteiger partial charge on any atom is 0.161 e. The third-order valence-corrected chi connectivity index (χ3v) is 4.36. The fraction of sp³-hybridized carbons (Fsp3) is 0.562. The van der Waals surface area contributed by atoms with Crippen LogP contribution in [0.1, 0.15) is 36.7 Å². The lowest BCUT2D eigenvalue weighted by atomic mass is 10.0. The Morgan fingerprint density at radius 3 is 2.30 bits per heavy atom. The molecule has 1 saturated heterocycles. The van der Waals surface area contributed by atoms with Crippen LogP contribution in [0.15, 0.2) is 12.1 Å². The number of piperazine rings is 1. The van der Waals surface area contributed by atoms with Crippen molar-refractivity contribution in [1.29, 1.82) is 0 Å². The summed E-state index contributed by atoms with van der Waals surface area (Å²) in [6.45, 7) is 9.29. The van der Waals surface area contributed by atoms with Gasteiger partial charge in [-0.05, 0) is 52.4 Å². The van der Waals surface area contributed by atoms with Crippen LogP contribution in [0.4, 0.5) is 10.1 Å². The van der Waals surface area contributed by atoms with Crippen molar-refractivity contribution in [3.05, 3.63) is 29.1 Å². The van der Waals surface area contributed by atoms with Gasteiger partial charge in [0.1, 0.15) is 5.82 Å². The third-order valence-electron chi connectivity index (χ3n) is 4.36. The first-order chi connectivity index (χ1) is 9.31. The van der Waals surface area contributed by atoms with Gasteiger partial charge in [0.05, 0.1) is 0 Å². The van der Waals surface area contributed by atoms with E-state index in [0.29, 0.717) is 23.2 Å². The SMILES string of the molecule is CC(=O)c1cc(F)c(C)cc1N1CC(C)N(C)C(C)C1. The van der Waals surface area contributed by atoms with E-state index < -0.39 is 0 Å². The number of ketones is 1. The van der Waals surface area contributed by atoms with Crippen molar-refractivity contribution < 1.29 is 9.18 Å². The van der Waals surface area contributed by atoms with Crippen LogP contribution < -0.4 is 4.90 Å². The number of likely N-dealkylation sites (N-methyl/N-ethyl adjacent to an activating group) is 1. The molecule has 0 N–H and O–H groups in total. The number of aryl methyl sites for hydroxylation is 1. The summed E-state index contributed by atoms with van der Waals surface area (Å²) in [7, 11) is 2.12. The number of benzene rings is 1. The molecule has 0 bridgehead atoms. The first kappa shape index (κ1) is 15.0. The fourth-order valence-electron chi connectivity index (χ4n) is 2.81. The Morgan fingerprint density at radius 2 is 1.80 bits per heavy atom. The molecule has 20 heavy (non-hydrogen) atoms. The Balaban J connectivity index is 2.42. The number of carbonyl (C=O) groups is 1. The van der Waals surface area contributed by atoms with Gasteiger partial charge in [0, 0.05) is 36.4 Å². The highest BCUT2D eigenvalue weighted by Gasteiger charge is 2.28. The first-order valence-electron chi connectivity index (χ1n) is 7.09. The van der Waals surface area contributed by atoms with Crippen LogP contribution in [-0.2, 0) is 0 Å². The average molecular weight is 278 g/mol. The van der Waals surface area contributed by atoms with E-state index >= 15 is 0 Å². The molecule has 0 radical (unpaired) electrons. The number of nitrogens with zero attached hydrogens (tertiary/aromatic N) is 2. The molecule has 0 saturated carbocycles. The van der Waals surface area contributed by atoms with Crippen molar-refractivity contribution in [3.63, 3.8) is 0 Å². The topological polar surface area (TPSA) is 23.6 Å². The van der Waals surface area contributed by atoms with Gasteiger partial charge in [-0.2, -0.15) is 0 Å². The molecule has 2 rings (SSSR count). The predicted octanol–water partition coefficient (Wildman–Crippen LogP) is 2.87. The van der Waals surface area contributed by atoms with Gasteiger partial charge in [0.15, 0.2) is 5.78 Å². The molecule has 2 unspecified atom stereocenters. The van der Waals surface area contributed by atoms with Crippen LogP contribution in [0.25, 0.3) is 0 Å². The Bertz CT molecular complexity index is 517. The molecule has 2 atom stereocenters. The van der Waals surface area contributed by atoms with E-state index in [9.17, 15) is 9.18 Å². The molecule has 1 aliphatic rings. The maximum atomic E-state index is 13.7.